The van der Waals surface area contributed by atoms with Gasteiger partial charge in [-0.2, -0.15) is 0 Å². The van der Waals surface area contributed by atoms with Crippen LogP contribution in [0.4, 0.5) is 14.7 Å². The van der Waals surface area contributed by atoms with Crippen LogP contribution in [-0.2, 0) is 6.54 Å². The highest BCUT2D eigenvalue weighted by atomic mass is 19.1. The quantitative estimate of drug-likeness (QED) is 0.373. The van der Waals surface area contributed by atoms with E-state index in [0.717, 1.165) is 41.1 Å². The zero-order valence-corrected chi connectivity index (χ0v) is 18.2. The molecule has 0 radical (unpaired) electrons. The van der Waals surface area contributed by atoms with E-state index in [1.807, 2.05) is 18.5 Å². The van der Waals surface area contributed by atoms with E-state index in [1.165, 1.54) is 43.5 Å². The maximum atomic E-state index is 13.5. The summed E-state index contributed by atoms with van der Waals surface area (Å²) in [6, 6.07) is 15.1. The first-order chi connectivity index (χ1) is 16.2. The lowest BCUT2D eigenvalue weighted by molar-refractivity contribution is 0.355. The lowest BCUT2D eigenvalue weighted by atomic mass is 9.95. The van der Waals surface area contributed by atoms with Gasteiger partial charge in [-0.05, 0) is 60.9 Å². The van der Waals surface area contributed by atoms with Crippen LogP contribution in [-0.4, -0.2) is 19.5 Å². The van der Waals surface area contributed by atoms with Gasteiger partial charge in [0.2, 0.25) is 5.95 Å². The van der Waals surface area contributed by atoms with Gasteiger partial charge in [0.1, 0.15) is 11.6 Å². The van der Waals surface area contributed by atoms with Crippen LogP contribution in [0.1, 0.15) is 43.7 Å². The van der Waals surface area contributed by atoms with Gasteiger partial charge in [-0.1, -0.05) is 31.4 Å². The van der Waals surface area contributed by atoms with Crippen molar-refractivity contribution in [2.24, 2.45) is 0 Å². The van der Waals surface area contributed by atoms with Gasteiger partial charge in [0.15, 0.2) is 0 Å². The number of hydrogen-bond acceptors (Lipinski definition) is 4. The van der Waals surface area contributed by atoms with Crippen molar-refractivity contribution in [3.05, 3.63) is 84.3 Å². The summed E-state index contributed by atoms with van der Waals surface area (Å²) in [4.78, 5) is 13.8. The number of rotatable bonds is 6. The van der Waals surface area contributed by atoms with Crippen LogP contribution >= 0.6 is 0 Å². The van der Waals surface area contributed by atoms with Gasteiger partial charge in [-0.15, -0.1) is 0 Å². The van der Waals surface area contributed by atoms with Gasteiger partial charge >= 0.3 is 0 Å². The Kier molecular flexibility index (Phi) is 6.11. The first-order valence-corrected chi connectivity index (χ1v) is 11.3. The second-order valence-corrected chi connectivity index (χ2v) is 8.40. The fourth-order valence-electron chi connectivity index (χ4n) is 4.47. The third-order valence-corrected chi connectivity index (χ3v) is 6.12. The predicted molar refractivity (Wildman–Crippen MR) is 124 cm³/mol. The van der Waals surface area contributed by atoms with Crippen molar-refractivity contribution >= 4 is 5.95 Å². The minimum Gasteiger partial charge on any atom is -0.350 e. The Bertz CT molecular complexity index is 1230. The molecular formula is C26H25F2N5. The fourth-order valence-corrected chi connectivity index (χ4v) is 4.47. The van der Waals surface area contributed by atoms with Crippen molar-refractivity contribution < 1.29 is 8.78 Å². The summed E-state index contributed by atoms with van der Waals surface area (Å²) in [5.74, 6) is -0.0969. The van der Waals surface area contributed by atoms with Crippen molar-refractivity contribution in [1.82, 2.24) is 19.5 Å². The van der Waals surface area contributed by atoms with E-state index in [4.69, 9.17) is 9.97 Å². The third kappa shape index (κ3) is 4.77. The Morgan fingerprint density at radius 1 is 0.909 bits per heavy atom. The van der Waals surface area contributed by atoms with Gasteiger partial charge in [-0.3, -0.25) is 0 Å². The van der Waals surface area contributed by atoms with Crippen LogP contribution in [0.5, 0.6) is 0 Å². The summed E-state index contributed by atoms with van der Waals surface area (Å²) < 4.78 is 29.3. The van der Waals surface area contributed by atoms with E-state index in [9.17, 15) is 8.78 Å². The molecule has 33 heavy (non-hydrogen) atoms. The highest BCUT2D eigenvalue weighted by molar-refractivity contribution is 5.77. The predicted octanol–water partition coefficient (Wildman–Crippen LogP) is 6.40. The first-order valence-electron chi connectivity index (χ1n) is 11.3. The number of halogens is 2. The smallest absolute Gasteiger partial charge is 0.223 e. The summed E-state index contributed by atoms with van der Waals surface area (Å²) in [5.41, 5.74) is 4.08. The second-order valence-electron chi connectivity index (χ2n) is 8.40. The average Bonchev–Trinajstić information content (AvgIpc) is 3.29. The SMILES string of the molecule is Fc1ccc(-c2ncn(C3CCCCC3)c2-c2ccnc(NCc3cccc(F)c3)n2)cc1. The van der Waals surface area contributed by atoms with Gasteiger partial charge in [0.25, 0.3) is 0 Å². The average molecular weight is 446 g/mol. The molecule has 2 heterocycles. The molecule has 168 valence electrons. The summed E-state index contributed by atoms with van der Waals surface area (Å²) in [5, 5.41) is 3.19. The van der Waals surface area contributed by atoms with Crippen molar-refractivity contribution in [3.8, 4) is 22.6 Å². The van der Waals surface area contributed by atoms with Crippen LogP contribution in [0.25, 0.3) is 22.6 Å². The van der Waals surface area contributed by atoms with E-state index in [-0.39, 0.29) is 11.6 Å². The molecule has 2 aromatic heterocycles. The molecule has 0 bridgehead atoms. The highest BCUT2D eigenvalue weighted by Crippen LogP contribution is 2.37. The lowest BCUT2D eigenvalue weighted by Crippen LogP contribution is -2.14. The normalized spacial score (nSPS) is 14.4. The van der Waals surface area contributed by atoms with Crippen molar-refractivity contribution in [1.29, 1.82) is 0 Å². The molecule has 1 fully saturated rings. The molecule has 0 amide bonds. The standard InChI is InChI=1S/C26H25F2N5/c27-20-11-9-19(10-12-20)24-25(33(17-31-24)22-7-2-1-3-8-22)23-13-14-29-26(32-23)30-16-18-5-4-6-21(28)15-18/h4-6,9-15,17,22H,1-3,7-8,16H2,(H,29,30,32). The molecule has 7 heteroatoms. The highest BCUT2D eigenvalue weighted by Gasteiger charge is 2.23. The molecule has 0 atom stereocenters. The molecule has 0 spiro atoms. The summed E-state index contributed by atoms with van der Waals surface area (Å²) in [6.07, 6.45) is 9.43. The van der Waals surface area contributed by atoms with Crippen molar-refractivity contribution in [3.63, 3.8) is 0 Å². The van der Waals surface area contributed by atoms with Crippen LogP contribution in [0.15, 0.2) is 67.1 Å². The molecule has 1 aliphatic rings. The molecule has 5 rings (SSSR count). The van der Waals surface area contributed by atoms with E-state index in [0.29, 0.717) is 18.5 Å². The Hall–Kier alpha value is -3.61. The number of imidazole rings is 1. The minimum atomic E-state index is -0.280. The Morgan fingerprint density at radius 3 is 2.52 bits per heavy atom. The molecule has 0 aliphatic heterocycles. The number of aromatic nitrogens is 4. The molecule has 2 aromatic carbocycles. The molecule has 1 saturated carbocycles. The molecule has 0 unspecified atom stereocenters. The summed E-state index contributed by atoms with van der Waals surface area (Å²) >= 11 is 0. The number of nitrogens with zero attached hydrogens (tertiary/aromatic N) is 4. The molecule has 5 nitrogen and oxygen atoms in total. The third-order valence-electron chi connectivity index (χ3n) is 6.12. The number of benzene rings is 2. The van der Waals surface area contributed by atoms with Gasteiger partial charge in [0.05, 0.1) is 23.4 Å². The zero-order valence-electron chi connectivity index (χ0n) is 18.2. The molecule has 1 N–H and O–H groups in total. The Balaban J connectivity index is 1.50. The summed E-state index contributed by atoms with van der Waals surface area (Å²) in [6.45, 7) is 0.411. The van der Waals surface area contributed by atoms with Crippen LogP contribution in [0, 0.1) is 11.6 Å². The van der Waals surface area contributed by atoms with Crippen LogP contribution < -0.4 is 5.32 Å². The molecule has 1 aliphatic carbocycles. The minimum absolute atomic E-state index is 0.274. The monoisotopic (exact) mass is 445 g/mol. The number of anilines is 1. The maximum Gasteiger partial charge on any atom is 0.223 e. The van der Waals surface area contributed by atoms with Crippen LogP contribution in [0.2, 0.25) is 0 Å². The molecular weight excluding hydrogens is 420 g/mol. The van der Waals surface area contributed by atoms with E-state index >= 15 is 0 Å². The van der Waals surface area contributed by atoms with Gasteiger partial charge in [-0.25, -0.2) is 23.7 Å². The van der Waals surface area contributed by atoms with Crippen LogP contribution in [0.3, 0.4) is 0 Å². The van der Waals surface area contributed by atoms with Crippen molar-refractivity contribution in [2.75, 3.05) is 5.32 Å². The van der Waals surface area contributed by atoms with E-state index in [1.54, 1.807) is 24.4 Å². The first kappa shape index (κ1) is 21.2. The van der Waals surface area contributed by atoms with Crippen molar-refractivity contribution in [2.45, 2.75) is 44.7 Å². The molecule has 4 aromatic rings. The fraction of sp³-hybridized carbons (Fsp3) is 0.269. The van der Waals surface area contributed by atoms with Gasteiger partial charge < -0.3 is 9.88 Å². The maximum absolute atomic E-state index is 13.5. The zero-order chi connectivity index (χ0) is 22.6. The topological polar surface area (TPSA) is 55.6 Å². The molecule has 0 saturated heterocycles. The summed E-state index contributed by atoms with van der Waals surface area (Å²) in [7, 11) is 0. The second kappa shape index (κ2) is 9.48. The van der Waals surface area contributed by atoms with E-state index < -0.39 is 0 Å². The number of nitrogens with one attached hydrogen (secondary N) is 1. The van der Waals surface area contributed by atoms with E-state index in [2.05, 4.69) is 14.9 Å². The Morgan fingerprint density at radius 2 is 1.73 bits per heavy atom. The Labute approximate surface area is 191 Å². The van der Waals surface area contributed by atoms with Gasteiger partial charge in [0, 0.05) is 24.3 Å². The number of hydrogen-bond donors (Lipinski definition) is 1. The lowest BCUT2D eigenvalue weighted by Gasteiger charge is -2.25. The largest absolute Gasteiger partial charge is 0.350 e.